The number of allylic oxidation sites excluding steroid dienone is 5. The molecule has 0 saturated heterocycles. The second kappa shape index (κ2) is 32.1. The molecule has 0 aromatic rings. The highest BCUT2D eigenvalue weighted by Gasteiger charge is 2.17. The van der Waals surface area contributed by atoms with Gasteiger partial charge in [0.05, 0.1) is 18.8 Å². The summed E-state index contributed by atoms with van der Waals surface area (Å²) in [6, 6.07) is -0.639. The summed E-state index contributed by atoms with van der Waals surface area (Å²) in [5.74, 6) is -0.0801. The fourth-order valence-electron chi connectivity index (χ4n) is 4.91. The smallest absolute Gasteiger partial charge is 0.220 e. The van der Waals surface area contributed by atoms with Crippen LogP contribution in [0.2, 0.25) is 0 Å². The number of hydrogen-bond donors (Lipinski definition) is 3. The summed E-state index contributed by atoms with van der Waals surface area (Å²) >= 11 is 0. The number of carbonyl (C=O) groups is 1. The average Bonchev–Trinajstić information content (AvgIpc) is 2.96. The third-order valence-electron chi connectivity index (χ3n) is 7.60. The lowest BCUT2D eigenvalue weighted by Gasteiger charge is -2.19. The summed E-state index contributed by atoms with van der Waals surface area (Å²) in [5.41, 5.74) is 0. The van der Waals surface area contributed by atoms with E-state index < -0.39 is 12.1 Å². The summed E-state index contributed by atoms with van der Waals surface area (Å²) in [6.45, 7) is 4.24. The van der Waals surface area contributed by atoms with Crippen molar-refractivity contribution < 1.29 is 15.0 Å². The van der Waals surface area contributed by atoms with E-state index in [2.05, 4.69) is 43.5 Å². The van der Waals surface area contributed by atoms with Gasteiger partial charge in [-0.15, -0.1) is 0 Å². The van der Waals surface area contributed by atoms with Crippen molar-refractivity contribution in [3.05, 3.63) is 36.5 Å². The van der Waals surface area contributed by atoms with Crippen molar-refractivity contribution in [3.63, 3.8) is 0 Å². The largest absolute Gasteiger partial charge is 0.394 e. The molecule has 0 heterocycles. The fraction of sp³-hybridized carbons (Fsp3) is 0.806. The Kier molecular flexibility index (Phi) is 31.0. The summed E-state index contributed by atoms with van der Waals surface area (Å²) in [7, 11) is 0. The number of carbonyl (C=O) groups excluding carboxylic acids is 1. The summed E-state index contributed by atoms with van der Waals surface area (Å²) < 4.78 is 0. The van der Waals surface area contributed by atoms with Gasteiger partial charge in [-0.3, -0.25) is 4.79 Å². The highest BCUT2D eigenvalue weighted by Crippen LogP contribution is 2.14. The zero-order valence-electron chi connectivity index (χ0n) is 26.6. The van der Waals surface area contributed by atoms with Gasteiger partial charge in [0, 0.05) is 6.42 Å². The molecular weight excluding hydrogens is 494 g/mol. The van der Waals surface area contributed by atoms with Crippen LogP contribution >= 0.6 is 0 Å². The molecule has 0 bridgehead atoms. The van der Waals surface area contributed by atoms with E-state index in [4.69, 9.17) is 0 Å². The first kappa shape index (κ1) is 38.6. The first-order valence-corrected chi connectivity index (χ1v) is 17.2. The second-order valence-electron chi connectivity index (χ2n) is 11.6. The van der Waals surface area contributed by atoms with E-state index in [1.54, 1.807) is 6.08 Å². The minimum absolute atomic E-state index is 0.0801. The number of amides is 1. The Morgan fingerprint density at radius 3 is 1.45 bits per heavy atom. The lowest BCUT2D eigenvalue weighted by atomic mass is 10.0. The molecule has 3 N–H and O–H groups in total. The summed E-state index contributed by atoms with van der Waals surface area (Å²) in [6.07, 6.45) is 40.8. The van der Waals surface area contributed by atoms with Crippen molar-refractivity contribution in [2.24, 2.45) is 0 Å². The van der Waals surface area contributed by atoms with E-state index in [9.17, 15) is 15.0 Å². The molecule has 0 spiro atoms. The van der Waals surface area contributed by atoms with Crippen molar-refractivity contribution in [1.29, 1.82) is 0 Å². The maximum absolute atomic E-state index is 12.3. The molecule has 2 atom stereocenters. The van der Waals surface area contributed by atoms with Gasteiger partial charge in [-0.2, -0.15) is 0 Å². The van der Waals surface area contributed by atoms with E-state index in [-0.39, 0.29) is 12.5 Å². The molecule has 1 amide bonds. The molecule has 0 rings (SSSR count). The average molecular weight is 562 g/mol. The standard InChI is InChI=1S/C36H67NO3/c1-3-5-7-9-11-13-15-17-18-20-22-24-26-28-30-32-36(40)37-34(33-38)35(39)31-29-27-25-23-21-19-16-14-12-10-8-6-4-2/h12,14,21,23,29,31,34-35,38-39H,3-11,13,15-20,22,24-28,30,32-33H2,1-2H3,(H,37,40)/b14-12+,23-21+,31-29+. The fourth-order valence-corrected chi connectivity index (χ4v) is 4.91. The van der Waals surface area contributed by atoms with Gasteiger partial charge in [-0.25, -0.2) is 0 Å². The SMILES string of the molecule is CCCCC/C=C/CC/C=C/CC/C=C/C(O)C(CO)NC(=O)CCCCCCCCCCCCCCCCC. The number of hydrogen-bond acceptors (Lipinski definition) is 3. The minimum Gasteiger partial charge on any atom is -0.394 e. The molecule has 40 heavy (non-hydrogen) atoms. The van der Waals surface area contributed by atoms with Crippen LogP contribution < -0.4 is 5.32 Å². The Morgan fingerprint density at radius 2 is 0.975 bits per heavy atom. The van der Waals surface area contributed by atoms with Gasteiger partial charge in [-0.1, -0.05) is 153 Å². The van der Waals surface area contributed by atoms with Crippen molar-refractivity contribution in [2.45, 2.75) is 180 Å². The highest BCUT2D eigenvalue weighted by atomic mass is 16.3. The second-order valence-corrected chi connectivity index (χ2v) is 11.6. The van der Waals surface area contributed by atoms with E-state index >= 15 is 0 Å². The molecule has 0 fully saturated rings. The predicted octanol–water partition coefficient (Wildman–Crippen LogP) is 9.90. The van der Waals surface area contributed by atoms with Crippen molar-refractivity contribution in [2.75, 3.05) is 6.61 Å². The van der Waals surface area contributed by atoms with Crippen LogP contribution in [0.3, 0.4) is 0 Å². The van der Waals surface area contributed by atoms with Gasteiger partial charge >= 0.3 is 0 Å². The Morgan fingerprint density at radius 1 is 0.575 bits per heavy atom. The van der Waals surface area contributed by atoms with Gasteiger partial charge in [0.1, 0.15) is 0 Å². The quantitative estimate of drug-likeness (QED) is 0.0603. The van der Waals surface area contributed by atoms with Gasteiger partial charge < -0.3 is 15.5 Å². The maximum atomic E-state index is 12.3. The molecule has 0 aliphatic rings. The molecule has 0 saturated carbocycles. The molecule has 0 aliphatic heterocycles. The van der Waals surface area contributed by atoms with Gasteiger partial charge in [0.15, 0.2) is 0 Å². The van der Waals surface area contributed by atoms with Crippen molar-refractivity contribution in [3.8, 4) is 0 Å². The lowest BCUT2D eigenvalue weighted by molar-refractivity contribution is -0.123. The van der Waals surface area contributed by atoms with Gasteiger partial charge in [-0.05, 0) is 44.9 Å². The van der Waals surface area contributed by atoms with E-state index in [0.29, 0.717) is 6.42 Å². The number of unbranched alkanes of at least 4 members (excludes halogenated alkanes) is 19. The Balaban J connectivity index is 3.70. The predicted molar refractivity (Wildman–Crippen MR) is 175 cm³/mol. The van der Waals surface area contributed by atoms with Crippen LogP contribution in [0.1, 0.15) is 168 Å². The number of aliphatic hydroxyl groups excluding tert-OH is 2. The molecule has 0 aromatic heterocycles. The summed E-state index contributed by atoms with van der Waals surface area (Å²) in [5, 5.41) is 22.8. The lowest BCUT2D eigenvalue weighted by Crippen LogP contribution is -2.45. The normalized spacial score (nSPS) is 13.6. The maximum Gasteiger partial charge on any atom is 0.220 e. The topological polar surface area (TPSA) is 69.6 Å². The molecule has 0 aromatic carbocycles. The van der Waals surface area contributed by atoms with Crippen LogP contribution in [0.5, 0.6) is 0 Å². The summed E-state index contributed by atoms with van der Waals surface area (Å²) in [4.78, 5) is 12.3. The first-order valence-electron chi connectivity index (χ1n) is 17.2. The number of rotatable bonds is 30. The molecule has 4 nitrogen and oxygen atoms in total. The zero-order chi connectivity index (χ0) is 29.4. The van der Waals surface area contributed by atoms with E-state index in [1.807, 2.05) is 6.08 Å². The molecule has 4 heteroatoms. The third kappa shape index (κ3) is 28.1. The van der Waals surface area contributed by atoms with Gasteiger partial charge in [0.25, 0.3) is 0 Å². The molecular formula is C36H67NO3. The first-order chi connectivity index (χ1) is 19.7. The van der Waals surface area contributed by atoms with Crippen LogP contribution in [0.15, 0.2) is 36.5 Å². The Bertz CT molecular complexity index is 613. The highest BCUT2D eigenvalue weighted by molar-refractivity contribution is 5.76. The van der Waals surface area contributed by atoms with E-state index in [1.165, 1.54) is 109 Å². The molecule has 234 valence electrons. The van der Waals surface area contributed by atoms with Crippen LogP contribution in [-0.4, -0.2) is 34.9 Å². The number of nitrogens with one attached hydrogen (secondary N) is 1. The Labute approximate surface area is 249 Å². The zero-order valence-corrected chi connectivity index (χ0v) is 26.6. The number of aliphatic hydroxyl groups is 2. The molecule has 0 aliphatic carbocycles. The molecule has 2 unspecified atom stereocenters. The van der Waals surface area contributed by atoms with Crippen LogP contribution in [0.4, 0.5) is 0 Å². The van der Waals surface area contributed by atoms with E-state index in [0.717, 1.165) is 38.5 Å². The van der Waals surface area contributed by atoms with Crippen LogP contribution in [0.25, 0.3) is 0 Å². The monoisotopic (exact) mass is 562 g/mol. The van der Waals surface area contributed by atoms with Crippen LogP contribution in [0, 0.1) is 0 Å². The Hall–Kier alpha value is -1.39. The van der Waals surface area contributed by atoms with Crippen LogP contribution in [-0.2, 0) is 4.79 Å². The van der Waals surface area contributed by atoms with Gasteiger partial charge in [0.2, 0.25) is 5.91 Å². The van der Waals surface area contributed by atoms with Crippen molar-refractivity contribution >= 4 is 5.91 Å². The van der Waals surface area contributed by atoms with Crippen molar-refractivity contribution in [1.82, 2.24) is 5.32 Å². The minimum atomic E-state index is -0.864. The molecule has 0 radical (unpaired) electrons. The third-order valence-corrected chi connectivity index (χ3v) is 7.60.